The molecule has 88 valence electrons. The van der Waals surface area contributed by atoms with Gasteiger partial charge in [-0.2, -0.15) is 0 Å². The van der Waals surface area contributed by atoms with Crippen LogP contribution in [0.3, 0.4) is 0 Å². The van der Waals surface area contributed by atoms with Crippen LogP contribution >= 0.6 is 15.9 Å². The van der Waals surface area contributed by atoms with Crippen LogP contribution in [0.2, 0.25) is 0 Å². The molecule has 5 heteroatoms. The van der Waals surface area contributed by atoms with Gasteiger partial charge in [-0.3, -0.25) is 0 Å². The molecular formula is C12H12BrN3O. The van der Waals surface area contributed by atoms with Gasteiger partial charge in [0.1, 0.15) is 18.2 Å². The lowest BCUT2D eigenvalue weighted by Gasteiger charge is -2.08. The fourth-order valence-corrected chi connectivity index (χ4v) is 1.72. The van der Waals surface area contributed by atoms with Gasteiger partial charge < -0.3 is 10.2 Å². The van der Waals surface area contributed by atoms with Gasteiger partial charge in [0.2, 0.25) is 0 Å². The lowest BCUT2D eigenvalue weighted by molar-refractivity contribution is 0.304. The van der Waals surface area contributed by atoms with Crippen molar-refractivity contribution in [2.24, 2.45) is 5.84 Å². The number of ether oxygens (including phenoxy) is 1. The van der Waals surface area contributed by atoms with E-state index >= 15 is 0 Å². The van der Waals surface area contributed by atoms with Gasteiger partial charge >= 0.3 is 0 Å². The Morgan fingerprint density at radius 3 is 2.71 bits per heavy atom. The van der Waals surface area contributed by atoms with Crippen molar-refractivity contribution in [1.82, 2.24) is 4.98 Å². The van der Waals surface area contributed by atoms with Crippen molar-refractivity contribution in [3.63, 3.8) is 0 Å². The van der Waals surface area contributed by atoms with Gasteiger partial charge in [0, 0.05) is 11.8 Å². The average Bonchev–Trinajstić information content (AvgIpc) is 2.38. The molecule has 1 aromatic heterocycles. The summed E-state index contributed by atoms with van der Waals surface area (Å²) in [4.78, 5) is 4.10. The Bertz CT molecular complexity index is 487. The number of pyridine rings is 1. The third-order valence-corrected chi connectivity index (χ3v) is 2.86. The zero-order valence-electron chi connectivity index (χ0n) is 9.06. The number of nitrogens with two attached hydrogens (primary N) is 1. The molecule has 3 N–H and O–H groups in total. The van der Waals surface area contributed by atoms with Gasteiger partial charge in [-0.15, -0.1) is 0 Å². The molecule has 0 radical (unpaired) electrons. The Morgan fingerprint density at radius 1 is 1.24 bits per heavy atom. The normalized spacial score (nSPS) is 10.0. The van der Waals surface area contributed by atoms with Gasteiger partial charge in [-0.1, -0.05) is 18.2 Å². The highest BCUT2D eigenvalue weighted by atomic mass is 79.9. The number of nitrogens with zero attached hydrogens (tertiary/aromatic N) is 1. The molecule has 0 saturated heterocycles. The third-order valence-electron chi connectivity index (χ3n) is 2.20. The van der Waals surface area contributed by atoms with Crippen molar-refractivity contribution in [1.29, 1.82) is 0 Å². The summed E-state index contributed by atoms with van der Waals surface area (Å²) in [6.07, 6.45) is 1.73. The van der Waals surface area contributed by atoms with Crippen molar-refractivity contribution in [2.75, 3.05) is 5.43 Å². The summed E-state index contributed by atoms with van der Waals surface area (Å²) < 4.78 is 6.60. The quantitative estimate of drug-likeness (QED) is 0.672. The lowest BCUT2D eigenvalue weighted by Crippen LogP contribution is -2.08. The largest absolute Gasteiger partial charge is 0.488 e. The van der Waals surface area contributed by atoms with E-state index < -0.39 is 0 Å². The van der Waals surface area contributed by atoms with Crippen LogP contribution in [-0.2, 0) is 6.61 Å². The number of nitrogen functional groups attached to an aromatic ring is 1. The summed E-state index contributed by atoms with van der Waals surface area (Å²) in [6, 6.07) is 11.4. The molecule has 0 aliphatic heterocycles. The van der Waals surface area contributed by atoms with Crippen molar-refractivity contribution < 1.29 is 4.74 Å². The van der Waals surface area contributed by atoms with Crippen LogP contribution in [0, 0.1) is 0 Å². The molecule has 1 heterocycles. The van der Waals surface area contributed by atoms with E-state index in [2.05, 4.69) is 26.3 Å². The first-order valence-corrected chi connectivity index (χ1v) is 5.88. The summed E-state index contributed by atoms with van der Waals surface area (Å²) in [5.74, 6) is 6.68. The van der Waals surface area contributed by atoms with Crippen LogP contribution in [0.15, 0.2) is 47.1 Å². The van der Waals surface area contributed by atoms with E-state index in [4.69, 9.17) is 10.6 Å². The monoisotopic (exact) mass is 293 g/mol. The highest BCUT2D eigenvalue weighted by molar-refractivity contribution is 9.10. The van der Waals surface area contributed by atoms with E-state index in [1.165, 1.54) is 0 Å². The maximum atomic E-state index is 5.66. The number of hydrogen-bond acceptors (Lipinski definition) is 4. The number of anilines is 1. The number of rotatable bonds is 4. The van der Waals surface area contributed by atoms with E-state index in [9.17, 15) is 0 Å². The smallest absolute Gasteiger partial charge is 0.139 e. The number of aromatic nitrogens is 1. The Kier molecular flexibility index (Phi) is 3.95. The first-order chi connectivity index (χ1) is 8.29. The molecule has 0 fully saturated rings. The SMILES string of the molecule is NNc1ccc(COc2ccccc2Br)cn1. The first kappa shape index (κ1) is 11.9. The van der Waals surface area contributed by atoms with Gasteiger partial charge in [-0.25, -0.2) is 10.8 Å². The van der Waals surface area contributed by atoms with E-state index in [1.54, 1.807) is 12.3 Å². The molecule has 17 heavy (non-hydrogen) atoms. The van der Waals surface area contributed by atoms with Crippen molar-refractivity contribution in [2.45, 2.75) is 6.61 Å². The number of nitrogens with one attached hydrogen (secondary N) is 1. The van der Waals surface area contributed by atoms with E-state index in [-0.39, 0.29) is 0 Å². The summed E-state index contributed by atoms with van der Waals surface area (Å²) in [5.41, 5.74) is 3.46. The second-order valence-electron chi connectivity index (χ2n) is 3.42. The molecule has 2 rings (SSSR count). The molecule has 0 atom stereocenters. The van der Waals surface area contributed by atoms with Crippen LogP contribution in [0.5, 0.6) is 5.75 Å². The van der Waals surface area contributed by atoms with Crippen LogP contribution < -0.4 is 16.0 Å². The van der Waals surface area contributed by atoms with Gasteiger partial charge in [-0.05, 0) is 34.1 Å². The highest BCUT2D eigenvalue weighted by Crippen LogP contribution is 2.24. The van der Waals surface area contributed by atoms with E-state index in [0.29, 0.717) is 12.4 Å². The number of benzene rings is 1. The predicted molar refractivity (Wildman–Crippen MR) is 70.5 cm³/mol. The Balaban J connectivity index is 2.00. The lowest BCUT2D eigenvalue weighted by atomic mass is 10.3. The first-order valence-electron chi connectivity index (χ1n) is 5.08. The summed E-state index contributed by atoms with van der Waals surface area (Å²) in [5, 5.41) is 0. The summed E-state index contributed by atoms with van der Waals surface area (Å²) in [7, 11) is 0. The molecular weight excluding hydrogens is 282 g/mol. The topological polar surface area (TPSA) is 60.2 Å². The van der Waals surface area contributed by atoms with Crippen LogP contribution in [0.4, 0.5) is 5.82 Å². The fraction of sp³-hybridized carbons (Fsp3) is 0.0833. The summed E-state index contributed by atoms with van der Waals surface area (Å²) in [6.45, 7) is 0.473. The van der Waals surface area contributed by atoms with Gasteiger partial charge in [0.25, 0.3) is 0 Å². The van der Waals surface area contributed by atoms with E-state index in [0.717, 1.165) is 15.8 Å². The van der Waals surface area contributed by atoms with Crippen molar-refractivity contribution >= 4 is 21.7 Å². The van der Waals surface area contributed by atoms with Crippen molar-refractivity contribution in [3.05, 3.63) is 52.6 Å². The third kappa shape index (κ3) is 3.18. The molecule has 0 aliphatic carbocycles. The second kappa shape index (κ2) is 5.65. The summed E-state index contributed by atoms with van der Waals surface area (Å²) >= 11 is 3.43. The molecule has 1 aromatic carbocycles. The second-order valence-corrected chi connectivity index (χ2v) is 4.27. The Hall–Kier alpha value is -1.59. The van der Waals surface area contributed by atoms with Gasteiger partial charge in [0.15, 0.2) is 0 Å². The number of hydrogen-bond donors (Lipinski definition) is 2. The van der Waals surface area contributed by atoms with Crippen molar-refractivity contribution in [3.8, 4) is 5.75 Å². The minimum Gasteiger partial charge on any atom is -0.488 e. The maximum absolute atomic E-state index is 5.66. The number of hydrazine groups is 1. The van der Waals surface area contributed by atoms with Crippen LogP contribution in [0.25, 0.3) is 0 Å². The molecule has 4 nitrogen and oxygen atoms in total. The molecule has 2 aromatic rings. The fourth-order valence-electron chi connectivity index (χ4n) is 1.32. The molecule has 0 unspecified atom stereocenters. The highest BCUT2D eigenvalue weighted by Gasteiger charge is 2.00. The van der Waals surface area contributed by atoms with Crippen LogP contribution in [0.1, 0.15) is 5.56 Å². The molecule has 0 bridgehead atoms. The van der Waals surface area contributed by atoms with Gasteiger partial charge in [0.05, 0.1) is 4.47 Å². The zero-order valence-corrected chi connectivity index (χ0v) is 10.6. The molecule has 0 aliphatic rings. The number of para-hydroxylation sites is 1. The Morgan fingerprint density at radius 2 is 2.06 bits per heavy atom. The predicted octanol–water partition coefficient (Wildman–Crippen LogP) is 2.71. The standard InChI is InChI=1S/C12H12BrN3O/c13-10-3-1-2-4-11(10)17-8-9-5-6-12(16-14)15-7-9/h1-7H,8,14H2,(H,15,16). The molecule has 0 spiro atoms. The van der Waals surface area contributed by atoms with E-state index in [1.807, 2.05) is 30.3 Å². The molecule has 0 amide bonds. The molecule has 0 saturated carbocycles. The average molecular weight is 294 g/mol. The minimum absolute atomic E-state index is 0.473. The minimum atomic E-state index is 0.473. The Labute approximate surface area is 108 Å². The zero-order chi connectivity index (χ0) is 12.1. The van der Waals surface area contributed by atoms with Crippen LogP contribution in [-0.4, -0.2) is 4.98 Å². The maximum Gasteiger partial charge on any atom is 0.139 e. The number of halogens is 1.